The van der Waals surface area contributed by atoms with Crippen LogP contribution in [0.4, 0.5) is 5.82 Å². The smallest absolute Gasteiger partial charge is 0.265 e. The van der Waals surface area contributed by atoms with Crippen molar-refractivity contribution in [2.75, 3.05) is 5.73 Å². The monoisotopic (exact) mass is 143 g/mol. The molecule has 2 rings (SSSR count). The van der Waals surface area contributed by atoms with Gasteiger partial charge < -0.3 is 10.3 Å². The molecule has 2 N–H and O–H groups in total. The number of nitrogens with zero attached hydrogens (tertiary/aromatic N) is 2. The zero-order valence-electron chi connectivity index (χ0n) is 5.86. The van der Waals surface area contributed by atoms with Crippen LogP contribution in [-0.4, -0.2) is 17.7 Å². The van der Waals surface area contributed by atoms with E-state index in [1.165, 1.54) is 4.59 Å². The number of fused-ring (bicyclic) bond motifs is 1. The van der Waals surface area contributed by atoms with E-state index in [4.69, 9.17) is 13.7 Å². The average Bonchev–Trinajstić information content (AvgIpc) is 2.30. The first-order valence-corrected chi connectivity index (χ1v) is 3.27. The lowest BCUT2D eigenvalue weighted by molar-refractivity contribution is 1.03. The fourth-order valence-corrected chi connectivity index (χ4v) is 1.11. The molecule has 0 spiro atoms. The third-order valence-corrected chi connectivity index (χ3v) is 1.64. The third kappa shape index (κ3) is 0.791. The van der Waals surface area contributed by atoms with Crippen LogP contribution in [0.1, 0.15) is 0 Å². The van der Waals surface area contributed by atoms with E-state index in [1.54, 1.807) is 0 Å². The predicted octanol–water partition coefficient (Wildman–Crippen LogP) is 0.550. The number of nitrogens with two attached hydrogens (primary N) is 1. The van der Waals surface area contributed by atoms with Crippen LogP contribution in [0.5, 0.6) is 0 Å². The Labute approximate surface area is 65.2 Å². The van der Waals surface area contributed by atoms with Crippen LogP contribution in [0.25, 0.3) is 10.9 Å². The first-order valence-electron chi connectivity index (χ1n) is 3.27. The lowest BCUT2D eigenvalue weighted by Crippen LogP contribution is -1.93. The maximum atomic E-state index is 5.57. The minimum Gasteiger partial charge on any atom is -0.382 e. The molecule has 0 saturated carbocycles. The van der Waals surface area contributed by atoms with Gasteiger partial charge in [-0.2, -0.15) is 5.10 Å². The predicted molar refractivity (Wildman–Crippen MR) is 45.3 cm³/mol. The van der Waals surface area contributed by atoms with Crippen molar-refractivity contribution in [2.45, 2.75) is 0 Å². The van der Waals surface area contributed by atoms with Gasteiger partial charge in [-0.1, -0.05) is 12.1 Å². The number of hydrogen-bond acceptors (Lipinski definition) is 2. The normalized spacial score (nSPS) is 10.5. The summed E-state index contributed by atoms with van der Waals surface area (Å²) < 4.78 is 1.28. The summed E-state index contributed by atoms with van der Waals surface area (Å²) in [6, 6.07) is 7.56. The number of para-hydroxylation sites is 1. The molecule has 4 heteroatoms. The molecule has 2 aromatic rings. The molecular weight excluding hydrogens is 137 g/mol. The Hall–Kier alpha value is -1.45. The van der Waals surface area contributed by atoms with Crippen LogP contribution in [0.15, 0.2) is 24.3 Å². The maximum absolute atomic E-state index is 5.57. The highest BCUT2D eigenvalue weighted by molar-refractivity contribution is 6.11. The Morgan fingerprint density at radius 2 is 2.09 bits per heavy atom. The quantitative estimate of drug-likeness (QED) is 0.547. The van der Waals surface area contributed by atoms with E-state index in [1.807, 2.05) is 24.3 Å². The van der Waals surface area contributed by atoms with Crippen molar-refractivity contribution in [3.05, 3.63) is 24.3 Å². The third-order valence-electron chi connectivity index (χ3n) is 1.64. The molecule has 0 aliphatic carbocycles. The van der Waals surface area contributed by atoms with Gasteiger partial charge in [0.15, 0.2) is 5.82 Å². The van der Waals surface area contributed by atoms with E-state index >= 15 is 0 Å². The van der Waals surface area contributed by atoms with Crippen LogP contribution in [0, 0.1) is 0 Å². The summed E-state index contributed by atoms with van der Waals surface area (Å²) in [7, 11) is 5.50. The number of rotatable bonds is 0. The molecule has 0 saturated heterocycles. The molecule has 0 bridgehead atoms. The number of hydrogen-bond donors (Lipinski definition) is 1. The second-order valence-corrected chi connectivity index (χ2v) is 2.35. The molecule has 1 aromatic carbocycles. The van der Waals surface area contributed by atoms with E-state index in [0.29, 0.717) is 5.82 Å². The van der Waals surface area contributed by atoms with Gasteiger partial charge in [0.05, 0.1) is 5.52 Å². The van der Waals surface area contributed by atoms with Crippen LogP contribution < -0.4 is 5.73 Å². The fraction of sp³-hybridized carbons (Fsp3) is 0. The highest BCUT2D eigenvalue weighted by Gasteiger charge is 2.01. The molecule has 0 fully saturated rings. The molecule has 0 atom stereocenters. The van der Waals surface area contributed by atoms with Crippen LogP contribution in [0.3, 0.4) is 0 Å². The summed E-state index contributed by atoms with van der Waals surface area (Å²) in [6.45, 7) is 0. The molecule has 52 valence electrons. The van der Waals surface area contributed by atoms with Crippen LogP contribution >= 0.6 is 0 Å². The van der Waals surface area contributed by atoms with Gasteiger partial charge >= 0.3 is 0 Å². The number of nitrogen functional groups attached to an aromatic ring is 1. The minimum atomic E-state index is 0.475. The Kier molecular flexibility index (Phi) is 1.15. The largest absolute Gasteiger partial charge is 0.382 e. The van der Waals surface area contributed by atoms with Gasteiger partial charge in [-0.15, -0.1) is 0 Å². The van der Waals surface area contributed by atoms with Gasteiger partial charge in [-0.05, 0) is 12.1 Å². The van der Waals surface area contributed by atoms with Crippen LogP contribution in [0.2, 0.25) is 0 Å². The molecule has 0 unspecified atom stereocenters. The summed E-state index contributed by atoms with van der Waals surface area (Å²) in [5.74, 6) is 0.475. The van der Waals surface area contributed by atoms with Gasteiger partial charge in [0, 0.05) is 5.39 Å². The Bertz CT molecular complexity index is 357. The highest BCUT2D eigenvalue weighted by Crippen LogP contribution is 2.17. The zero-order valence-corrected chi connectivity index (χ0v) is 5.86. The molecule has 0 aliphatic heterocycles. The van der Waals surface area contributed by atoms with Crippen molar-refractivity contribution in [2.24, 2.45) is 0 Å². The minimum absolute atomic E-state index is 0.475. The summed E-state index contributed by atoms with van der Waals surface area (Å²) in [4.78, 5) is 0. The Morgan fingerprint density at radius 3 is 2.82 bits per heavy atom. The topological polar surface area (TPSA) is 43.8 Å². The summed E-state index contributed by atoms with van der Waals surface area (Å²) in [5.41, 5.74) is 6.42. The van der Waals surface area contributed by atoms with E-state index in [-0.39, 0.29) is 0 Å². The van der Waals surface area contributed by atoms with Crippen molar-refractivity contribution < 1.29 is 0 Å². The second kappa shape index (κ2) is 2.02. The van der Waals surface area contributed by atoms with Gasteiger partial charge in [0.1, 0.15) is 0 Å². The van der Waals surface area contributed by atoms with E-state index in [2.05, 4.69) is 5.10 Å². The standard InChI is InChI=1S/C7H6BN3/c8-11-6-4-2-1-3-5(6)7(9)10-11/h1-4H,(H2,9,10). The number of benzene rings is 1. The summed E-state index contributed by atoms with van der Waals surface area (Å²) in [5, 5.41) is 4.76. The molecule has 0 amide bonds. The SMILES string of the molecule is [B]n1nc(N)c2ccccc21. The molecule has 2 radical (unpaired) electrons. The van der Waals surface area contributed by atoms with Gasteiger partial charge in [0.2, 0.25) is 0 Å². The molecule has 11 heavy (non-hydrogen) atoms. The van der Waals surface area contributed by atoms with Gasteiger partial charge in [0.25, 0.3) is 7.98 Å². The van der Waals surface area contributed by atoms with Crippen molar-refractivity contribution >= 4 is 24.7 Å². The number of aromatic nitrogens is 2. The molecular formula is C7H6BN3. The van der Waals surface area contributed by atoms with Gasteiger partial charge in [-0.3, -0.25) is 0 Å². The molecule has 1 heterocycles. The number of anilines is 1. The lowest BCUT2D eigenvalue weighted by atomic mass is 10.2. The highest BCUT2D eigenvalue weighted by atomic mass is 15.2. The first-order chi connectivity index (χ1) is 5.29. The van der Waals surface area contributed by atoms with Gasteiger partial charge in [-0.25, -0.2) is 0 Å². The van der Waals surface area contributed by atoms with Crippen molar-refractivity contribution in [3.8, 4) is 0 Å². The maximum Gasteiger partial charge on any atom is 0.265 e. The first kappa shape index (κ1) is 6.28. The molecule has 3 nitrogen and oxygen atoms in total. The Morgan fingerprint density at radius 1 is 1.36 bits per heavy atom. The zero-order chi connectivity index (χ0) is 7.84. The van der Waals surface area contributed by atoms with Crippen molar-refractivity contribution in [3.63, 3.8) is 0 Å². The van der Waals surface area contributed by atoms with Crippen LogP contribution in [-0.2, 0) is 0 Å². The van der Waals surface area contributed by atoms with E-state index < -0.39 is 0 Å². The Balaban J connectivity index is 2.95. The summed E-state index contributed by atoms with van der Waals surface area (Å²) in [6.07, 6.45) is 0. The second-order valence-electron chi connectivity index (χ2n) is 2.35. The fourth-order valence-electron chi connectivity index (χ4n) is 1.11. The van der Waals surface area contributed by atoms with E-state index in [9.17, 15) is 0 Å². The lowest BCUT2D eigenvalue weighted by Gasteiger charge is -1.90. The van der Waals surface area contributed by atoms with E-state index in [0.717, 1.165) is 10.9 Å². The average molecular weight is 143 g/mol. The molecule has 1 aromatic heterocycles. The summed E-state index contributed by atoms with van der Waals surface area (Å²) >= 11 is 0. The van der Waals surface area contributed by atoms with Crippen molar-refractivity contribution in [1.29, 1.82) is 0 Å². The van der Waals surface area contributed by atoms with Crippen molar-refractivity contribution in [1.82, 2.24) is 9.69 Å². The molecule has 0 aliphatic rings.